The van der Waals surface area contributed by atoms with E-state index >= 15 is 0 Å². The summed E-state index contributed by atoms with van der Waals surface area (Å²) in [5.74, 6) is -8.21. The zero-order chi connectivity index (χ0) is 16.2. The van der Waals surface area contributed by atoms with Gasteiger partial charge in [0.05, 0.1) is 12.1 Å². The van der Waals surface area contributed by atoms with Crippen LogP contribution in [0.1, 0.15) is 20.3 Å². The van der Waals surface area contributed by atoms with E-state index < -0.39 is 40.5 Å². The predicted molar refractivity (Wildman–Crippen MR) is 67.7 cm³/mol. The maximum Gasteiger partial charge on any atom is 0.237 e. The Morgan fingerprint density at radius 1 is 1.29 bits per heavy atom. The predicted octanol–water partition coefficient (Wildman–Crippen LogP) is 1.87. The van der Waals surface area contributed by atoms with Crippen molar-refractivity contribution in [3.05, 3.63) is 29.3 Å². The summed E-state index contributed by atoms with van der Waals surface area (Å²) in [5.41, 5.74) is 4.06. The molecule has 0 aliphatic rings. The lowest BCUT2D eigenvalue weighted by Gasteiger charge is -2.26. The quantitative estimate of drug-likeness (QED) is 0.597. The van der Waals surface area contributed by atoms with E-state index in [1.807, 2.05) is 0 Å². The molecular weight excluding hydrogens is 292 g/mol. The molecule has 1 aromatic rings. The molecule has 1 aromatic carbocycles. The third kappa shape index (κ3) is 3.84. The van der Waals surface area contributed by atoms with E-state index in [2.05, 4.69) is 5.32 Å². The molecule has 0 aromatic heterocycles. The molecule has 1 rings (SSSR count). The topological polar surface area (TPSA) is 64.3 Å². The molecule has 8 heteroatoms. The van der Waals surface area contributed by atoms with Crippen LogP contribution in [-0.4, -0.2) is 24.6 Å². The minimum Gasteiger partial charge on any atom is -0.487 e. The molecule has 0 radical (unpaired) electrons. The number of primary amides is 1. The van der Waals surface area contributed by atoms with Crippen molar-refractivity contribution in [3.8, 4) is 5.75 Å². The van der Waals surface area contributed by atoms with E-state index in [9.17, 15) is 22.4 Å². The summed E-state index contributed by atoms with van der Waals surface area (Å²) < 4.78 is 57.4. The highest BCUT2D eigenvalue weighted by atomic mass is 19.2. The lowest BCUT2D eigenvalue weighted by Crippen LogP contribution is -2.53. The van der Waals surface area contributed by atoms with Crippen molar-refractivity contribution in [2.45, 2.75) is 25.8 Å². The second-order valence-corrected chi connectivity index (χ2v) is 4.62. The minimum atomic E-state index is -1.63. The maximum absolute atomic E-state index is 13.4. The zero-order valence-corrected chi connectivity index (χ0v) is 11.6. The molecule has 1 amide bonds. The van der Waals surface area contributed by atoms with Gasteiger partial charge in [0, 0.05) is 12.5 Å². The molecule has 0 heterocycles. The fourth-order valence-corrected chi connectivity index (χ4v) is 1.72. The van der Waals surface area contributed by atoms with Crippen molar-refractivity contribution >= 4 is 5.91 Å². The monoisotopic (exact) mass is 308 g/mol. The van der Waals surface area contributed by atoms with Gasteiger partial charge in [-0.1, -0.05) is 6.92 Å². The van der Waals surface area contributed by atoms with Crippen LogP contribution in [-0.2, 0) is 4.79 Å². The Morgan fingerprint density at radius 3 is 2.24 bits per heavy atom. The largest absolute Gasteiger partial charge is 0.487 e. The number of carbonyl (C=O) groups is 1. The van der Waals surface area contributed by atoms with E-state index in [0.29, 0.717) is 6.54 Å². The molecule has 0 saturated carbocycles. The molecule has 1 unspecified atom stereocenters. The number of nitrogens with one attached hydrogen (secondary N) is 1. The van der Waals surface area contributed by atoms with Gasteiger partial charge in [-0.25, -0.2) is 8.78 Å². The first-order valence-electron chi connectivity index (χ1n) is 6.23. The van der Waals surface area contributed by atoms with Crippen LogP contribution in [0.25, 0.3) is 0 Å². The molecule has 0 spiro atoms. The van der Waals surface area contributed by atoms with Crippen molar-refractivity contribution in [3.63, 3.8) is 0 Å². The fourth-order valence-electron chi connectivity index (χ4n) is 1.72. The van der Waals surface area contributed by atoms with Gasteiger partial charge in [0.1, 0.15) is 0 Å². The second kappa shape index (κ2) is 6.75. The number of hydrogen-bond donors (Lipinski definition) is 2. The van der Waals surface area contributed by atoms with E-state index in [0.717, 1.165) is 0 Å². The number of halogens is 4. The SMILES string of the molecule is CCNC(C)(CCOc1c(F)c(F)cc(F)c1F)C(N)=O. The number of amides is 1. The highest BCUT2D eigenvalue weighted by molar-refractivity contribution is 5.84. The van der Waals surface area contributed by atoms with Gasteiger partial charge < -0.3 is 15.8 Å². The summed E-state index contributed by atoms with van der Waals surface area (Å²) >= 11 is 0. The van der Waals surface area contributed by atoms with Crippen molar-refractivity contribution in [1.82, 2.24) is 5.32 Å². The smallest absolute Gasteiger partial charge is 0.237 e. The molecular formula is C13H16F4N2O2. The minimum absolute atomic E-state index is 0.0345. The third-order valence-corrected chi connectivity index (χ3v) is 3.03. The number of ether oxygens (including phenoxy) is 1. The van der Waals surface area contributed by atoms with Crippen molar-refractivity contribution in [1.29, 1.82) is 0 Å². The first-order valence-corrected chi connectivity index (χ1v) is 6.23. The number of benzene rings is 1. The average molecular weight is 308 g/mol. The Kier molecular flexibility index (Phi) is 5.54. The van der Waals surface area contributed by atoms with Crippen LogP contribution in [0.3, 0.4) is 0 Å². The maximum atomic E-state index is 13.4. The van der Waals surface area contributed by atoms with Gasteiger partial charge in [-0.2, -0.15) is 8.78 Å². The molecule has 1 atom stereocenters. The molecule has 0 bridgehead atoms. The normalized spacial score (nSPS) is 13.8. The van der Waals surface area contributed by atoms with Crippen molar-refractivity contribution < 1.29 is 27.1 Å². The van der Waals surface area contributed by atoms with Crippen LogP contribution in [0, 0.1) is 23.3 Å². The van der Waals surface area contributed by atoms with Gasteiger partial charge in [-0.3, -0.25) is 4.79 Å². The van der Waals surface area contributed by atoms with Gasteiger partial charge in [0.25, 0.3) is 0 Å². The van der Waals surface area contributed by atoms with Crippen LogP contribution in [0.5, 0.6) is 5.75 Å². The molecule has 0 saturated heterocycles. The van der Waals surface area contributed by atoms with Gasteiger partial charge in [-0.05, 0) is 13.5 Å². The van der Waals surface area contributed by atoms with E-state index in [4.69, 9.17) is 10.5 Å². The standard InChI is InChI=1S/C13H16F4N2O2/c1-3-19-13(2,12(18)20)4-5-21-11-9(16)7(14)6-8(15)10(11)17/h6,19H,3-5H2,1-2H3,(H2,18,20). The first-order chi connectivity index (χ1) is 9.73. The number of rotatable bonds is 7. The highest BCUT2D eigenvalue weighted by Gasteiger charge is 2.30. The number of nitrogens with two attached hydrogens (primary N) is 1. The van der Waals surface area contributed by atoms with Gasteiger partial charge in [0.15, 0.2) is 17.4 Å². The zero-order valence-electron chi connectivity index (χ0n) is 11.6. The fraction of sp³-hybridized carbons (Fsp3) is 0.462. The molecule has 0 aliphatic carbocycles. The molecule has 0 aliphatic heterocycles. The van der Waals surface area contributed by atoms with Gasteiger partial charge in [0.2, 0.25) is 17.5 Å². The lowest BCUT2D eigenvalue weighted by molar-refractivity contribution is -0.124. The summed E-state index contributed by atoms with van der Waals surface area (Å²) in [5, 5.41) is 2.81. The highest BCUT2D eigenvalue weighted by Crippen LogP contribution is 2.26. The molecule has 118 valence electrons. The molecule has 0 fully saturated rings. The molecule has 4 nitrogen and oxygen atoms in total. The summed E-state index contributed by atoms with van der Waals surface area (Å²) in [4.78, 5) is 11.3. The Balaban J connectivity index is 2.83. The Hall–Kier alpha value is -1.83. The van der Waals surface area contributed by atoms with E-state index in [1.54, 1.807) is 6.92 Å². The number of carbonyl (C=O) groups excluding carboxylic acids is 1. The average Bonchev–Trinajstić information content (AvgIpc) is 2.40. The summed E-state index contributed by atoms with van der Waals surface area (Å²) in [6.45, 7) is 3.30. The van der Waals surface area contributed by atoms with Crippen LogP contribution >= 0.6 is 0 Å². The van der Waals surface area contributed by atoms with Crippen LogP contribution < -0.4 is 15.8 Å². The lowest BCUT2D eigenvalue weighted by atomic mass is 9.97. The van der Waals surface area contributed by atoms with Crippen molar-refractivity contribution in [2.75, 3.05) is 13.2 Å². The first kappa shape index (κ1) is 17.2. The number of hydrogen-bond acceptors (Lipinski definition) is 3. The van der Waals surface area contributed by atoms with E-state index in [-0.39, 0.29) is 19.1 Å². The Bertz CT molecular complexity index is 513. The van der Waals surface area contributed by atoms with E-state index in [1.165, 1.54) is 6.92 Å². The molecule has 3 N–H and O–H groups in total. The van der Waals surface area contributed by atoms with Crippen LogP contribution in [0.2, 0.25) is 0 Å². The van der Waals surface area contributed by atoms with Crippen LogP contribution in [0.4, 0.5) is 17.6 Å². The summed E-state index contributed by atoms with van der Waals surface area (Å²) in [6.07, 6.45) is -0.0345. The van der Waals surface area contributed by atoms with Gasteiger partial charge in [-0.15, -0.1) is 0 Å². The summed E-state index contributed by atoms with van der Waals surface area (Å²) in [6, 6.07) is 0.0870. The number of likely N-dealkylation sites (N-methyl/N-ethyl adjacent to an activating group) is 1. The Morgan fingerprint density at radius 2 is 1.81 bits per heavy atom. The Labute approximate surface area is 119 Å². The van der Waals surface area contributed by atoms with Crippen molar-refractivity contribution in [2.24, 2.45) is 5.73 Å². The third-order valence-electron chi connectivity index (χ3n) is 3.03. The second-order valence-electron chi connectivity index (χ2n) is 4.62. The van der Waals surface area contributed by atoms with Crippen LogP contribution in [0.15, 0.2) is 6.07 Å². The summed E-state index contributed by atoms with van der Waals surface area (Å²) in [7, 11) is 0. The molecule has 21 heavy (non-hydrogen) atoms. The van der Waals surface area contributed by atoms with Gasteiger partial charge >= 0.3 is 0 Å².